The molecule has 0 aliphatic heterocycles. The van der Waals surface area contributed by atoms with Gasteiger partial charge in [-0.15, -0.1) is 0 Å². The molecule has 0 aliphatic carbocycles. The summed E-state index contributed by atoms with van der Waals surface area (Å²) in [5.41, 5.74) is 2.42. The molecule has 0 spiro atoms. The van der Waals surface area contributed by atoms with Crippen LogP contribution in [0, 0.1) is 5.92 Å². The zero-order valence-corrected chi connectivity index (χ0v) is 14.6. The van der Waals surface area contributed by atoms with E-state index in [0.717, 1.165) is 19.1 Å². The molecule has 4 nitrogen and oxygen atoms in total. The quantitative estimate of drug-likeness (QED) is 0.572. The number of benzene rings is 1. The van der Waals surface area contributed by atoms with E-state index in [1.54, 1.807) is 0 Å². The van der Waals surface area contributed by atoms with Gasteiger partial charge >= 0.3 is 0 Å². The Balaban J connectivity index is 2.77. The minimum atomic E-state index is 0.386. The Morgan fingerprint density at radius 2 is 1.82 bits per heavy atom. The van der Waals surface area contributed by atoms with Crippen LogP contribution in [0.3, 0.4) is 0 Å². The summed E-state index contributed by atoms with van der Waals surface area (Å²) >= 11 is 0. The maximum atomic E-state index is 5.53. The minimum absolute atomic E-state index is 0.386. The van der Waals surface area contributed by atoms with E-state index in [2.05, 4.69) is 56.5 Å². The highest BCUT2D eigenvalue weighted by molar-refractivity contribution is 5.80. The van der Waals surface area contributed by atoms with E-state index in [4.69, 9.17) is 9.73 Å². The summed E-state index contributed by atoms with van der Waals surface area (Å²) in [6.45, 7) is 13.6. The van der Waals surface area contributed by atoms with Gasteiger partial charge in [0, 0.05) is 19.2 Å². The summed E-state index contributed by atoms with van der Waals surface area (Å²) in [7, 11) is 0. The molecule has 4 heteroatoms. The molecular weight excluding hydrogens is 274 g/mol. The lowest BCUT2D eigenvalue weighted by Crippen LogP contribution is -2.44. The highest BCUT2D eigenvalue weighted by Gasteiger charge is 2.09. The van der Waals surface area contributed by atoms with E-state index in [1.165, 1.54) is 11.1 Å². The van der Waals surface area contributed by atoms with E-state index >= 15 is 0 Å². The molecule has 0 heterocycles. The molecule has 0 saturated carbocycles. The van der Waals surface area contributed by atoms with Gasteiger partial charge in [-0.3, -0.25) is 0 Å². The molecule has 1 unspecified atom stereocenters. The lowest BCUT2D eigenvalue weighted by Gasteiger charge is -2.20. The fourth-order valence-corrected chi connectivity index (χ4v) is 1.93. The Kier molecular flexibility index (Phi) is 8.60. The van der Waals surface area contributed by atoms with Crippen LogP contribution < -0.4 is 10.6 Å². The number of nitrogens with one attached hydrogen (secondary N) is 2. The highest BCUT2D eigenvalue weighted by Crippen LogP contribution is 2.11. The first-order valence-corrected chi connectivity index (χ1v) is 8.27. The second kappa shape index (κ2) is 10.2. The number of aliphatic imine (C=N–C) groups is 1. The molecule has 0 bridgehead atoms. The molecule has 0 aliphatic rings. The van der Waals surface area contributed by atoms with Crippen molar-refractivity contribution in [3.8, 4) is 0 Å². The fraction of sp³-hybridized carbons (Fsp3) is 0.611. The second-order valence-electron chi connectivity index (χ2n) is 5.78. The SMILES string of the molecule is CCNC(=NCc1ccccc1COCC)NC(C)C(C)C. The van der Waals surface area contributed by atoms with Gasteiger partial charge in [0.05, 0.1) is 13.2 Å². The van der Waals surface area contributed by atoms with Crippen LogP contribution in [0.1, 0.15) is 45.7 Å². The molecule has 0 saturated heterocycles. The summed E-state index contributed by atoms with van der Waals surface area (Å²) in [4.78, 5) is 4.71. The normalized spacial score (nSPS) is 13.3. The molecule has 0 fully saturated rings. The van der Waals surface area contributed by atoms with Gasteiger partial charge in [-0.05, 0) is 37.8 Å². The fourth-order valence-electron chi connectivity index (χ4n) is 1.93. The number of rotatable bonds is 8. The summed E-state index contributed by atoms with van der Waals surface area (Å²) in [5, 5.41) is 6.77. The van der Waals surface area contributed by atoms with Crippen molar-refractivity contribution in [1.82, 2.24) is 10.6 Å². The third-order valence-corrected chi connectivity index (χ3v) is 3.70. The van der Waals surface area contributed by atoms with Crippen molar-refractivity contribution >= 4 is 5.96 Å². The number of nitrogens with zero attached hydrogens (tertiary/aromatic N) is 1. The van der Waals surface area contributed by atoms with Crippen LogP contribution in [0.2, 0.25) is 0 Å². The van der Waals surface area contributed by atoms with Crippen LogP contribution in [0.25, 0.3) is 0 Å². The molecule has 22 heavy (non-hydrogen) atoms. The molecule has 124 valence electrons. The predicted octanol–water partition coefficient (Wildman–Crippen LogP) is 3.32. The zero-order valence-electron chi connectivity index (χ0n) is 14.6. The molecule has 2 N–H and O–H groups in total. The Bertz CT molecular complexity index is 457. The number of hydrogen-bond donors (Lipinski definition) is 2. The largest absolute Gasteiger partial charge is 0.377 e. The van der Waals surface area contributed by atoms with Crippen molar-refractivity contribution in [2.75, 3.05) is 13.2 Å². The molecule has 1 aromatic rings. The second-order valence-corrected chi connectivity index (χ2v) is 5.78. The molecule has 1 aromatic carbocycles. The van der Waals surface area contributed by atoms with Gasteiger partial charge in [-0.25, -0.2) is 4.99 Å². The van der Waals surface area contributed by atoms with Crippen molar-refractivity contribution in [2.24, 2.45) is 10.9 Å². The monoisotopic (exact) mass is 305 g/mol. The lowest BCUT2D eigenvalue weighted by atomic mass is 10.1. The maximum absolute atomic E-state index is 5.53. The Morgan fingerprint density at radius 1 is 1.14 bits per heavy atom. The summed E-state index contributed by atoms with van der Waals surface area (Å²) in [5.74, 6) is 1.43. The van der Waals surface area contributed by atoms with Gasteiger partial charge in [0.15, 0.2) is 5.96 Å². The smallest absolute Gasteiger partial charge is 0.191 e. The van der Waals surface area contributed by atoms with Gasteiger partial charge < -0.3 is 15.4 Å². The summed E-state index contributed by atoms with van der Waals surface area (Å²) in [6.07, 6.45) is 0. The summed E-state index contributed by atoms with van der Waals surface area (Å²) in [6, 6.07) is 8.71. The first-order valence-electron chi connectivity index (χ1n) is 8.27. The van der Waals surface area contributed by atoms with Crippen molar-refractivity contribution in [3.05, 3.63) is 35.4 Å². The first-order chi connectivity index (χ1) is 10.6. The van der Waals surface area contributed by atoms with Crippen molar-refractivity contribution in [1.29, 1.82) is 0 Å². The predicted molar refractivity (Wildman–Crippen MR) is 94.0 cm³/mol. The third-order valence-electron chi connectivity index (χ3n) is 3.70. The maximum Gasteiger partial charge on any atom is 0.191 e. The Morgan fingerprint density at radius 3 is 2.41 bits per heavy atom. The Labute approximate surface area is 135 Å². The van der Waals surface area contributed by atoms with Gasteiger partial charge in [0.25, 0.3) is 0 Å². The van der Waals surface area contributed by atoms with Crippen LogP contribution >= 0.6 is 0 Å². The van der Waals surface area contributed by atoms with Crippen LogP contribution in [-0.4, -0.2) is 25.2 Å². The number of guanidine groups is 1. The average molecular weight is 305 g/mol. The molecule has 0 aromatic heterocycles. The van der Waals surface area contributed by atoms with Crippen LogP contribution in [0.4, 0.5) is 0 Å². The zero-order chi connectivity index (χ0) is 16.4. The molecule has 0 radical (unpaired) electrons. The lowest BCUT2D eigenvalue weighted by molar-refractivity contribution is 0.133. The Hall–Kier alpha value is -1.55. The number of ether oxygens (including phenoxy) is 1. The van der Waals surface area contributed by atoms with Crippen LogP contribution in [-0.2, 0) is 17.9 Å². The molecule has 0 amide bonds. The van der Waals surface area contributed by atoms with Gasteiger partial charge in [-0.1, -0.05) is 38.1 Å². The van der Waals surface area contributed by atoms with Crippen LogP contribution in [0.5, 0.6) is 0 Å². The van der Waals surface area contributed by atoms with E-state index in [1.807, 2.05) is 13.0 Å². The topological polar surface area (TPSA) is 45.7 Å². The van der Waals surface area contributed by atoms with E-state index < -0.39 is 0 Å². The van der Waals surface area contributed by atoms with Crippen molar-refractivity contribution < 1.29 is 4.74 Å². The molecule has 1 atom stereocenters. The van der Waals surface area contributed by atoms with Gasteiger partial charge in [-0.2, -0.15) is 0 Å². The van der Waals surface area contributed by atoms with Gasteiger partial charge in [0.2, 0.25) is 0 Å². The third kappa shape index (κ3) is 6.48. The summed E-state index contributed by atoms with van der Waals surface area (Å²) < 4.78 is 5.53. The van der Waals surface area contributed by atoms with E-state index in [0.29, 0.717) is 25.1 Å². The molecular formula is C18H31N3O. The van der Waals surface area contributed by atoms with Crippen molar-refractivity contribution in [3.63, 3.8) is 0 Å². The minimum Gasteiger partial charge on any atom is -0.377 e. The average Bonchev–Trinajstić information content (AvgIpc) is 2.51. The van der Waals surface area contributed by atoms with Crippen molar-refractivity contribution in [2.45, 2.75) is 53.8 Å². The van der Waals surface area contributed by atoms with Gasteiger partial charge in [0.1, 0.15) is 0 Å². The number of hydrogen-bond acceptors (Lipinski definition) is 2. The van der Waals surface area contributed by atoms with E-state index in [-0.39, 0.29) is 0 Å². The van der Waals surface area contributed by atoms with Crippen LogP contribution in [0.15, 0.2) is 29.3 Å². The molecule has 1 rings (SSSR count). The van der Waals surface area contributed by atoms with E-state index in [9.17, 15) is 0 Å². The highest BCUT2D eigenvalue weighted by atomic mass is 16.5. The standard InChI is InChI=1S/C18H31N3O/c1-6-19-18(21-15(5)14(3)4)20-12-16-10-8-9-11-17(16)13-22-7-2/h8-11,14-15H,6-7,12-13H2,1-5H3,(H2,19,20,21). The first kappa shape index (κ1) is 18.5.